The summed E-state index contributed by atoms with van der Waals surface area (Å²) in [6.45, 7) is 14.7. The van der Waals surface area contributed by atoms with E-state index < -0.39 is 84.3 Å². The molecular formula is C37H67N3O11. The molecule has 51 heavy (non-hydrogen) atoms. The number of hydrogen-bond donors (Lipinski definition) is 4. The molecule has 14 nitrogen and oxygen atoms in total. The smallest absolute Gasteiger partial charge is 0.312 e. The molecule has 3 aliphatic heterocycles. The topological polar surface area (TPSA) is 169 Å². The number of carbonyl (C=O) groups is 2. The monoisotopic (exact) mass is 729 g/mol. The molecule has 0 unspecified atom stereocenters. The zero-order valence-corrected chi connectivity index (χ0v) is 33.1. The van der Waals surface area contributed by atoms with Crippen LogP contribution in [0.1, 0.15) is 74.7 Å². The first kappa shape index (κ1) is 43.7. The zero-order chi connectivity index (χ0) is 38.6. The number of cyclic esters (lactones) is 1. The molecule has 3 fully saturated rings. The minimum absolute atomic E-state index is 0.126. The first-order valence-corrected chi connectivity index (χ1v) is 18.4. The van der Waals surface area contributed by atoms with Crippen molar-refractivity contribution in [2.45, 2.75) is 153 Å². The van der Waals surface area contributed by atoms with Crippen LogP contribution in [0.5, 0.6) is 0 Å². The van der Waals surface area contributed by atoms with Crippen LogP contribution in [0.15, 0.2) is 12.3 Å². The molecule has 3 rings (SSSR count). The molecule has 14 heteroatoms. The second kappa shape index (κ2) is 18.1. The second-order valence-electron chi connectivity index (χ2n) is 16.2. The van der Waals surface area contributed by atoms with Crippen molar-refractivity contribution < 1.29 is 53.3 Å². The highest BCUT2D eigenvalue weighted by atomic mass is 16.7. The molecule has 3 aliphatic rings. The van der Waals surface area contributed by atoms with Crippen molar-refractivity contribution in [2.24, 2.45) is 17.8 Å². The summed E-state index contributed by atoms with van der Waals surface area (Å²) in [5.74, 6) is -2.91. The van der Waals surface area contributed by atoms with Gasteiger partial charge in [-0.2, -0.15) is 0 Å². The third-order valence-corrected chi connectivity index (χ3v) is 10.9. The van der Waals surface area contributed by atoms with Crippen molar-refractivity contribution in [1.29, 1.82) is 0 Å². The van der Waals surface area contributed by atoms with Gasteiger partial charge in [-0.05, 0) is 80.9 Å². The Kier molecular flexibility index (Phi) is 15.5. The Morgan fingerprint density at radius 1 is 1.00 bits per heavy atom. The summed E-state index contributed by atoms with van der Waals surface area (Å²) in [7, 11) is 8.87. The summed E-state index contributed by atoms with van der Waals surface area (Å²) < 4.78 is 37.4. The van der Waals surface area contributed by atoms with Crippen LogP contribution in [0.2, 0.25) is 0 Å². The molecule has 0 aromatic heterocycles. The molecule has 3 saturated heterocycles. The average molecular weight is 730 g/mol. The van der Waals surface area contributed by atoms with Gasteiger partial charge in [0.05, 0.1) is 41.5 Å². The van der Waals surface area contributed by atoms with Crippen molar-refractivity contribution in [3.8, 4) is 0 Å². The second-order valence-corrected chi connectivity index (χ2v) is 16.2. The lowest BCUT2D eigenvalue weighted by Gasteiger charge is -2.48. The van der Waals surface area contributed by atoms with Gasteiger partial charge in [-0.15, -0.1) is 0 Å². The number of likely N-dealkylation sites (N-methyl/N-ethyl adjacent to an activating group) is 1. The fraction of sp³-hybridized carbons (Fsp3) is 0.892. The largest absolute Gasteiger partial charge is 0.452 e. The van der Waals surface area contributed by atoms with Gasteiger partial charge in [-0.3, -0.25) is 9.59 Å². The zero-order valence-electron chi connectivity index (χ0n) is 33.1. The highest BCUT2D eigenvalue weighted by molar-refractivity contribution is 5.95. The van der Waals surface area contributed by atoms with E-state index in [0.29, 0.717) is 13.0 Å². The van der Waals surface area contributed by atoms with Gasteiger partial charge < -0.3 is 58.9 Å². The SMILES string of the molecule is CO[C@]1(C)C[C@H](O[C@H]2[C@H](C)[C@@H](O[C@@H]3O[C@H](C)C[C@H](N(C)C)[C@H]3O)[C@@](C)(O)C[C@@H](C)CN[C@@H](C)[C@@H](C(=O)/C=C/N(C)C)OC(=O)[C@@H]2C)O[C@@H](C)[C@@H]1O. The lowest BCUT2D eigenvalue weighted by molar-refractivity contribution is -0.317. The third-order valence-electron chi connectivity index (χ3n) is 10.9. The van der Waals surface area contributed by atoms with E-state index in [1.165, 1.54) is 13.2 Å². The average Bonchev–Trinajstić information content (AvgIpc) is 3.04. The molecule has 0 aromatic carbocycles. The summed E-state index contributed by atoms with van der Waals surface area (Å²) in [5.41, 5.74) is -2.52. The first-order chi connectivity index (χ1) is 23.6. The van der Waals surface area contributed by atoms with Crippen LogP contribution in [0.4, 0.5) is 0 Å². The number of aliphatic hydroxyl groups is 3. The predicted molar refractivity (Wildman–Crippen MR) is 190 cm³/mol. The molecule has 0 aliphatic carbocycles. The van der Waals surface area contributed by atoms with Crippen LogP contribution >= 0.6 is 0 Å². The number of ketones is 1. The van der Waals surface area contributed by atoms with E-state index in [1.807, 2.05) is 39.8 Å². The number of hydrogen-bond acceptors (Lipinski definition) is 14. The normalized spacial score (nSPS) is 45.1. The highest BCUT2D eigenvalue weighted by Crippen LogP contribution is 2.39. The van der Waals surface area contributed by atoms with Gasteiger partial charge >= 0.3 is 5.97 Å². The van der Waals surface area contributed by atoms with E-state index in [2.05, 4.69) is 5.32 Å². The summed E-state index contributed by atoms with van der Waals surface area (Å²) in [4.78, 5) is 31.3. The molecule has 16 atom stereocenters. The summed E-state index contributed by atoms with van der Waals surface area (Å²) in [6.07, 6.45) is -4.05. The summed E-state index contributed by atoms with van der Waals surface area (Å²) >= 11 is 0. The van der Waals surface area contributed by atoms with Crippen LogP contribution in [0, 0.1) is 17.8 Å². The molecule has 0 amide bonds. The van der Waals surface area contributed by atoms with Gasteiger partial charge in [0.25, 0.3) is 0 Å². The molecular weight excluding hydrogens is 662 g/mol. The predicted octanol–water partition coefficient (Wildman–Crippen LogP) is 1.68. The Morgan fingerprint density at radius 3 is 2.24 bits per heavy atom. The van der Waals surface area contributed by atoms with Gasteiger partial charge in [-0.25, -0.2) is 0 Å². The minimum atomic E-state index is -1.51. The van der Waals surface area contributed by atoms with Crippen LogP contribution in [-0.4, -0.2) is 157 Å². The lowest BCUT2D eigenvalue weighted by atomic mass is 9.77. The molecule has 0 radical (unpaired) electrons. The molecule has 296 valence electrons. The first-order valence-electron chi connectivity index (χ1n) is 18.4. The number of esters is 1. The molecule has 0 aromatic rings. The molecule has 0 spiro atoms. The van der Waals surface area contributed by atoms with E-state index >= 15 is 0 Å². The Hall–Kier alpha value is -1.72. The Bertz CT molecular complexity index is 1170. The van der Waals surface area contributed by atoms with Crippen molar-refractivity contribution in [3.05, 3.63) is 12.3 Å². The molecule has 0 bridgehead atoms. The minimum Gasteiger partial charge on any atom is -0.452 e. The van der Waals surface area contributed by atoms with E-state index in [1.54, 1.807) is 59.8 Å². The molecule has 3 heterocycles. The van der Waals surface area contributed by atoms with Gasteiger partial charge in [0.15, 0.2) is 24.5 Å². The maximum absolute atomic E-state index is 14.2. The molecule has 4 N–H and O–H groups in total. The number of carbonyl (C=O) groups excluding carboxylic acids is 2. The Balaban J connectivity index is 2.12. The Labute approximate surface area is 305 Å². The van der Waals surface area contributed by atoms with E-state index in [0.717, 1.165) is 0 Å². The standard InChI is InChI=1S/C37H67N3O11/c1-20-17-36(7,45)33(51-35-29(42)26(40(11)12)16-21(2)47-35)22(3)30(49-28-18-37(8,46-13)32(43)25(6)48-28)23(4)34(44)50-31(24(5)38-19-20)27(41)14-15-39(9)10/h14-15,20-26,28-33,35,38,42-43,45H,16-19H2,1-13H3/b15-14+/t20-,21-,22+,23-,24+,25+,26+,28+,29-,30+,31+,32+,33-,35+,36+,37-/m1/s1. The maximum atomic E-state index is 14.2. The number of nitrogens with one attached hydrogen (secondary N) is 1. The van der Waals surface area contributed by atoms with Gasteiger partial charge in [0.2, 0.25) is 0 Å². The summed E-state index contributed by atoms with van der Waals surface area (Å²) in [5, 5.41) is 38.1. The van der Waals surface area contributed by atoms with Crippen molar-refractivity contribution in [3.63, 3.8) is 0 Å². The number of methoxy groups -OCH3 is 1. The summed E-state index contributed by atoms with van der Waals surface area (Å²) in [6, 6.07) is -0.815. The van der Waals surface area contributed by atoms with E-state index in [-0.39, 0.29) is 36.7 Å². The van der Waals surface area contributed by atoms with Gasteiger partial charge in [0, 0.05) is 57.9 Å². The van der Waals surface area contributed by atoms with Crippen molar-refractivity contribution >= 4 is 11.8 Å². The number of nitrogens with zero attached hydrogens (tertiary/aromatic N) is 2. The fourth-order valence-electron chi connectivity index (χ4n) is 7.75. The van der Waals surface area contributed by atoms with Crippen LogP contribution in [0.3, 0.4) is 0 Å². The maximum Gasteiger partial charge on any atom is 0.312 e. The molecule has 0 saturated carbocycles. The van der Waals surface area contributed by atoms with Gasteiger partial charge in [0.1, 0.15) is 12.2 Å². The van der Waals surface area contributed by atoms with Crippen LogP contribution in [0.25, 0.3) is 0 Å². The lowest BCUT2D eigenvalue weighted by Crippen LogP contribution is -2.60. The van der Waals surface area contributed by atoms with Crippen molar-refractivity contribution in [1.82, 2.24) is 15.1 Å². The van der Waals surface area contributed by atoms with Crippen LogP contribution in [-0.2, 0) is 38.0 Å². The number of aliphatic hydroxyl groups excluding tert-OH is 2. The van der Waals surface area contributed by atoms with E-state index in [4.69, 9.17) is 28.4 Å². The third kappa shape index (κ3) is 10.9. The fourth-order valence-corrected chi connectivity index (χ4v) is 7.75. The van der Waals surface area contributed by atoms with Crippen molar-refractivity contribution in [2.75, 3.05) is 41.8 Å². The van der Waals surface area contributed by atoms with Gasteiger partial charge in [-0.1, -0.05) is 13.8 Å². The highest BCUT2D eigenvalue weighted by Gasteiger charge is 2.51. The number of rotatable bonds is 9. The van der Waals surface area contributed by atoms with Crippen LogP contribution < -0.4 is 5.32 Å². The quantitative estimate of drug-likeness (QED) is 0.200. The van der Waals surface area contributed by atoms with E-state index in [9.17, 15) is 24.9 Å². The number of ether oxygens (including phenoxy) is 6. The Morgan fingerprint density at radius 2 is 1.65 bits per heavy atom.